The molecule has 0 spiro atoms. The lowest BCUT2D eigenvalue weighted by atomic mass is 9.87. The van der Waals surface area contributed by atoms with Crippen molar-refractivity contribution in [2.45, 2.75) is 63.6 Å². The third kappa shape index (κ3) is 3.23. The Balaban J connectivity index is 1.52. The Morgan fingerprint density at radius 3 is 2.80 bits per heavy atom. The minimum Gasteiger partial charge on any atom is -0.393 e. The second-order valence-electron chi connectivity index (χ2n) is 6.42. The predicted molar refractivity (Wildman–Crippen MR) is 79.4 cm³/mol. The lowest BCUT2D eigenvalue weighted by molar-refractivity contribution is 0.0344. The predicted octanol–water partition coefficient (Wildman–Crippen LogP) is 2.29. The number of hydrogen-bond acceptors (Lipinski definition) is 3. The molecule has 1 aromatic rings. The summed E-state index contributed by atoms with van der Waals surface area (Å²) in [6.07, 6.45) is 14.3. The number of piperidine rings is 1. The van der Waals surface area contributed by atoms with Crippen molar-refractivity contribution in [2.24, 2.45) is 5.92 Å². The van der Waals surface area contributed by atoms with Crippen molar-refractivity contribution in [1.29, 1.82) is 0 Å². The highest BCUT2D eigenvalue weighted by molar-refractivity contribution is 4.90. The van der Waals surface area contributed by atoms with Gasteiger partial charge >= 0.3 is 0 Å². The average molecular weight is 277 g/mol. The van der Waals surface area contributed by atoms with Crippen LogP contribution in [0.25, 0.3) is 0 Å². The number of aliphatic hydroxyl groups is 1. The van der Waals surface area contributed by atoms with Crippen molar-refractivity contribution in [3.63, 3.8) is 0 Å². The van der Waals surface area contributed by atoms with E-state index in [-0.39, 0.29) is 6.10 Å². The molecule has 0 aromatic carbocycles. The number of hydrogen-bond donors (Lipinski definition) is 1. The molecule has 1 saturated heterocycles. The summed E-state index contributed by atoms with van der Waals surface area (Å²) in [6, 6.07) is 0.629. The molecule has 1 N–H and O–H groups in total. The van der Waals surface area contributed by atoms with E-state index in [1.165, 1.54) is 45.1 Å². The van der Waals surface area contributed by atoms with Gasteiger partial charge in [0.2, 0.25) is 0 Å². The first-order valence-electron chi connectivity index (χ1n) is 8.22. The fourth-order valence-electron chi connectivity index (χ4n) is 4.07. The lowest BCUT2D eigenvalue weighted by Gasteiger charge is -2.40. The van der Waals surface area contributed by atoms with Gasteiger partial charge in [-0.15, -0.1) is 0 Å². The third-order valence-corrected chi connectivity index (χ3v) is 5.11. The first kappa shape index (κ1) is 14.1. The van der Waals surface area contributed by atoms with Gasteiger partial charge in [-0.3, -0.25) is 4.90 Å². The smallest absolute Gasteiger partial charge is 0.0945 e. The maximum atomic E-state index is 10.2. The molecule has 2 aliphatic rings. The van der Waals surface area contributed by atoms with Crippen LogP contribution in [0, 0.1) is 5.92 Å². The van der Waals surface area contributed by atoms with Gasteiger partial charge in [-0.25, -0.2) is 4.98 Å². The van der Waals surface area contributed by atoms with Crippen LogP contribution in [-0.2, 0) is 6.54 Å². The number of nitrogens with zero attached hydrogens (tertiary/aromatic N) is 3. The molecule has 3 rings (SSSR count). The van der Waals surface area contributed by atoms with E-state index in [2.05, 4.69) is 14.5 Å². The average Bonchev–Trinajstić information content (AvgIpc) is 3.11. The molecular formula is C16H27N3O. The molecule has 4 nitrogen and oxygen atoms in total. The topological polar surface area (TPSA) is 41.3 Å². The van der Waals surface area contributed by atoms with Crippen molar-refractivity contribution >= 4 is 0 Å². The number of imidazole rings is 1. The molecule has 3 unspecified atom stereocenters. The van der Waals surface area contributed by atoms with Gasteiger partial charge in [0.25, 0.3) is 0 Å². The summed E-state index contributed by atoms with van der Waals surface area (Å²) in [5.74, 6) is 0.531. The molecule has 3 atom stereocenters. The summed E-state index contributed by atoms with van der Waals surface area (Å²) in [5.41, 5.74) is 0. The van der Waals surface area contributed by atoms with Gasteiger partial charge < -0.3 is 9.67 Å². The zero-order valence-electron chi connectivity index (χ0n) is 12.3. The van der Waals surface area contributed by atoms with Crippen molar-refractivity contribution in [3.05, 3.63) is 18.7 Å². The summed E-state index contributed by atoms with van der Waals surface area (Å²) < 4.78 is 2.16. The van der Waals surface area contributed by atoms with E-state index in [4.69, 9.17) is 0 Å². The van der Waals surface area contributed by atoms with Crippen molar-refractivity contribution in [3.8, 4) is 0 Å². The maximum Gasteiger partial charge on any atom is 0.0945 e. The van der Waals surface area contributed by atoms with Gasteiger partial charge in [-0.05, 0) is 38.6 Å². The van der Waals surface area contributed by atoms with Crippen LogP contribution in [0.2, 0.25) is 0 Å². The highest BCUT2D eigenvalue weighted by atomic mass is 16.3. The minimum atomic E-state index is -0.0470. The van der Waals surface area contributed by atoms with Gasteiger partial charge in [0.05, 0.1) is 12.4 Å². The summed E-state index contributed by atoms with van der Waals surface area (Å²) in [4.78, 5) is 6.74. The van der Waals surface area contributed by atoms with Gasteiger partial charge in [0.1, 0.15) is 0 Å². The fourth-order valence-corrected chi connectivity index (χ4v) is 4.07. The van der Waals surface area contributed by atoms with Crippen LogP contribution < -0.4 is 0 Å². The Bertz CT molecular complexity index is 392. The first-order valence-corrected chi connectivity index (χ1v) is 8.22. The molecular weight excluding hydrogens is 250 g/mol. The number of aliphatic hydroxyl groups excluding tert-OH is 1. The highest BCUT2D eigenvalue weighted by Crippen LogP contribution is 2.35. The Kier molecular flexibility index (Phi) is 4.73. The van der Waals surface area contributed by atoms with Crippen LogP contribution >= 0.6 is 0 Å². The molecule has 1 aliphatic carbocycles. The largest absolute Gasteiger partial charge is 0.393 e. The second kappa shape index (κ2) is 6.72. The molecule has 4 heteroatoms. The summed E-state index contributed by atoms with van der Waals surface area (Å²) in [6.45, 7) is 3.43. The van der Waals surface area contributed by atoms with E-state index in [0.29, 0.717) is 12.0 Å². The van der Waals surface area contributed by atoms with Gasteiger partial charge in [0.15, 0.2) is 0 Å². The molecule has 0 bridgehead atoms. The lowest BCUT2D eigenvalue weighted by Crippen LogP contribution is -2.46. The minimum absolute atomic E-state index is 0.0470. The van der Waals surface area contributed by atoms with E-state index in [1.807, 2.05) is 18.7 Å². The van der Waals surface area contributed by atoms with Crippen LogP contribution in [0.4, 0.5) is 0 Å². The second-order valence-corrected chi connectivity index (χ2v) is 6.42. The normalized spacial score (nSPS) is 31.8. The van der Waals surface area contributed by atoms with Crippen LogP contribution in [-0.4, -0.2) is 44.8 Å². The number of aryl methyl sites for hydroxylation is 1. The van der Waals surface area contributed by atoms with Crippen LogP contribution in [0.15, 0.2) is 18.7 Å². The van der Waals surface area contributed by atoms with E-state index in [1.54, 1.807) is 0 Å². The molecule has 0 radical (unpaired) electrons. The first-order chi connectivity index (χ1) is 9.84. The molecule has 1 aromatic heterocycles. The van der Waals surface area contributed by atoms with E-state index >= 15 is 0 Å². The number of aromatic nitrogens is 2. The summed E-state index contributed by atoms with van der Waals surface area (Å²) >= 11 is 0. The standard InChI is InChI=1S/C16H27N3O/c20-16-7-3-5-14(16)15-6-1-2-10-19(15)11-4-9-18-12-8-17-13-18/h8,12-16,20H,1-7,9-11H2. The molecule has 1 saturated carbocycles. The van der Waals surface area contributed by atoms with E-state index < -0.39 is 0 Å². The molecule has 2 heterocycles. The van der Waals surface area contributed by atoms with Crippen LogP contribution in [0.5, 0.6) is 0 Å². The Labute approximate surface area is 121 Å². The third-order valence-electron chi connectivity index (χ3n) is 5.11. The summed E-state index contributed by atoms with van der Waals surface area (Å²) in [5, 5.41) is 10.2. The zero-order valence-corrected chi connectivity index (χ0v) is 12.3. The van der Waals surface area contributed by atoms with Crippen molar-refractivity contribution in [1.82, 2.24) is 14.5 Å². The Morgan fingerprint density at radius 1 is 1.10 bits per heavy atom. The van der Waals surface area contributed by atoms with Gasteiger partial charge in [0, 0.05) is 37.4 Å². The van der Waals surface area contributed by atoms with Crippen LogP contribution in [0.1, 0.15) is 44.9 Å². The quantitative estimate of drug-likeness (QED) is 0.898. The molecule has 20 heavy (non-hydrogen) atoms. The Hall–Kier alpha value is -0.870. The summed E-state index contributed by atoms with van der Waals surface area (Å²) in [7, 11) is 0. The molecule has 2 fully saturated rings. The van der Waals surface area contributed by atoms with E-state index in [9.17, 15) is 5.11 Å². The zero-order chi connectivity index (χ0) is 13.8. The molecule has 1 aliphatic heterocycles. The van der Waals surface area contributed by atoms with Crippen LogP contribution in [0.3, 0.4) is 0 Å². The number of rotatable bonds is 5. The Morgan fingerprint density at radius 2 is 2.05 bits per heavy atom. The monoisotopic (exact) mass is 277 g/mol. The molecule has 112 valence electrons. The molecule has 0 amide bonds. The van der Waals surface area contributed by atoms with Gasteiger partial charge in [-0.2, -0.15) is 0 Å². The van der Waals surface area contributed by atoms with Gasteiger partial charge in [-0.1, -0.05) is 12.8 Å². The number of likely N-dealkylation sites (tertiary alicyclic amines) is 1. The highest BCUT2D eigenvalue weighted by Gasteiger charge is 2.36. The maximum absolute atomic E-state index is 10.2. The fraction of sp³-hybridized carbons (Fsp3) is 0.812. The van der Waals surface area contributed by atoms with Crippen molar-refractivity contribution in [2.75, 3.05) is 13.1 Å². The van der Waals surface area contributed by atoms with E-state index in [0.717, 1.165) is 19.5 Å². The van der Waals surface area contributed by atoms with Crippen molar-refractivity contribution < 1.29 is 5.11 Å². The SMILES string of the molecule is OC1CCCC1C1CCCCN1CCCn1ccnc1.